The topological polar surface area (TPSA) is 130 Å². The van der Waals surface area contributed by atoms with Crippen LogP contribution in [-0.4, -0.2) is 32.4 Å². The van der Waals surface area contributed by atoms with Gasteiger partial charge < -0.3 is 15.2 Å². The monoisotopic (exact) mass is 496 g/mol. The van der Waals surface area contributed by atoms with E-state index in [2.05, 4.69) is 20.5 Å². The molecule has 1 heterocycles. The molecule has 34 heavy (non-hydrogen) atoms. The molecule has 1 aromatic heterocycles. The number of hydrogen-bond donors (Lipinski definition) is 3. The fourth-order valence-electron chi connectivity index (χ4n) is 2.84. The van der Waals surface area contributed by atoms with E-state index in [-0.39, 0.29) is 27.6 Å². The number of rotatable bonds is 7. The van der Waals surface area contributed by atoms with Crippen molar-refractivity contribution in [2.24, 2.45) is 0 Å². The van der Waals surface area contributed by atoms with Crippen molar-refractivity contribution < 1.29 is 35.7 Å². The summed E-state index contributed by atoms with van der Waals surface area (Å²) in [5.41, 5.74) is -1.14. The van der Waals surface area contributed by atoms with Gasteiger partial charge in [0.2, 0.25) is 10.0 Å². The second-order valence-corrected chi connectivity index (χ2v) is 8.96. The Bertz CT molecular complexity index is 1320. The van der Waals surface area contributed by atoms with Gasteiger partial charge in [-0.2, -0.15) is 13.2 Å². The highest BCUT2D eigenvalue weighted by Gasteiger charge is 2.30. The SMILES string of the molecule is CNS(=O)(=O)c1cccc(C(=O)N[C@H](C)c2cc(C(=O)Nc3cccc(C(F)(F)F)c3)no2)c1. The number of amides is 2. The number of carbonyl (C=O) groups excluding carboxylic acids is 2. The summed E-state index contributed by atoms with van der Waals surface area (Å²) in [5, 5.41) is 8.49. The van der Waals surface area contributed by atoms with Gasteiger partial charge in [0, 0.05) is 17.3 Å². The van der Waals surface area contributed by atoms with Gasteiger partial charge >= 0.3 is 6.18 Å². The Balaban J connectivity index is 1.69. The average Bonchev–Trinajstić information content (AvgIpc) is 3.29. The molecule has 0 aliphatic rings. The van der Waals surface area contributed by atoms with Gasteiger partial charge in [-0.1, -0.05) is 17.3 Å². The van der Waals surface area contributed by atoms with Gasteiger partial charge in [-0.3, -0.25) is 9.59 Å². The predicted octanol–water partition coefficient (Wildman–Crippen LogP) is 3.34. The molecule has 3 N–H and O–H groups in total. The lowest BCUT2D eigenvalue weighted by Gasteiger charge is -2.11. The van der Waals surface area contributed by atoms with Crippen molar-refractivity contribution in [2.45, 2.75) is 24.0 Å². The highest BCUT2D eigenvalue weighted by atomic mass is 32.2. The molecule has 9 nitrogen and oxygen atoms in total. The highest BCUT2D eigenvalue weighted by Crippen LogP contribution is 2.30. The lowest BCUT2D eigenvalue weighted by molar-refractivity contribution is -0.137. The van der Waals surface area contributed by atoms with Gasteiger partial charge in [-0.15, -0.1) is 0 Å². The number of nitrogens with zero attached hydrogens (tertiary/aromatic N) is 1. The summed E-state index contributed by atoms with van der Waals surface area (Å²) in [6, 6.07) is 9.93. The number of halogens is 3. The summed E-state index contributed by atoms with van der Waals surface area (Å²) in [5.74, 6) is -1.31. The Hall–Kier alpha value is -3.71. The molecule has 0 aliphatic carbocycles. The molecule has 3 rings (SSSR count). The predicted molar refractivity (Wildman–Crippen MR) is 114 cm³/mol. The first-order valence-electron chi connectivity index (χ1n) is 9.70. The molecule has 1 atom stereocenters. The molecule has 0 unspecified atom stereocenters. The molecule has 13 heteroatoms. The normalized spacial score (nSPS) is 12.7. The number of carbonyl (C=O) groups is 2. The van der Waals surface area contributed by atoms with Crippen LogP contribution in [0.1, 0.15) is 45.1 Å². The van der Waals surface area contributed by atoms with E-state index in [0.29, 0.717) is 0 Å². The molecular formula is C21H19F3N4O5S. The van der Waals surface area contributed by atoms with Crippen LogP contribution in [0.5, 0.6) is 0 Å². The van der Waals surface area contributed by atoms with E-state index >= 15 is 0 Å². The fourth-order valence-corrected chi connectivity index (χ4v) is 3.62. The average molecular weight is 496 g/mol. The van der Waals surface area contributed by atoms with Crippen molar-refractivity contribution in [3.63, 3.8) is 0 Å². The lowest BCUT2D eigenvalue weighted by atomic mass is 10.1. The zero-order chi connectivity index (χ0) is 25.1. The smallest absolute Gasteiger partial charge is 0.358 e. The number of anilines is 1. The van der Waals surface area contributed by atoms with Crippen LogP contribution < -0.4 is 15.4 Å². The summed E-state index contributed by atoms with van der Waals surface area (Å²) in [6.45, 7) is 1.54. The number of sulfonamides is 1. The maximum Gasteiger partial charge on any atom is 0.416 e. The zero-order valence-electron chi connectivity index (χ0n) is 17.8. The Morgan fingerprint density at radius 3 is 2.41 bits per heavy atom. The van der Waals surface area contributed by atoms with Gasteiger partial charge in [0.15, 0.2) is 11.5 Å². The zero-order valence-corrected chi connectivity index (χ0v) is 18.6. The Kier molecular flexibility index (Phi) is 7.07. The summed E-state index contributed by atoms with van der Waals surface area (Å²) >= 11 is 0. The van der Waals surface area contributed by atoms with Crippen LogP contribution in [0.15, 0.2) is 64.0 Å². The third-order valence-electron chi connectivity index (χ3n) is 4.66. The van der Waals surface area contributed by atoms with Crippen LogP contribution in [0.25, 0.3) is 0 Å². The van der Waals surface area contributed by atoms with E-state index in [0.717, 1.165) is 18.2 Å². The molecule has 0 radical (unpaired) electrons. The second-order valence-electron chi connectivity index (χ2n) is 7.08. The number of hydrogen-bond acceptors (Lipinski definition) is 6. The van der Waals surface area contributed by atoms with E-state index < -0.39 is 39.6 Å². The first kappa shape index (κ1) is 24.9. The van der Waals surface area contributed by atoms with Crippen LogP contribution in [0.4, 0.5) is 18.9 Å². The van der Waals surface area contributed by atoms with Crippen LogP contribution in [0.2, 0.25) is 0 Å². The molecular weight excluding hydrogens is 477 g/mol. The Morgan fingerprint density at radius 2 is 1.74 bits per heavy atom. The second kappa shape index (κ2) is 9.65. The largest absolute Gasteiger partial charge is 0.416 e. The van der Waals surface area contributed by atoms with Crippen LogP contribution in [0.3, 0.4) is 0 Å². The minimum atomic E-state index is -4.56. The Labute approximate surface area is 192 Å². The number of nitrogens with one attached hydrogen (secondary N) is 3. The van der Waals surface area contributed by atoms with E-state index in [1.165, 1.54) is 43.4 Å². The van der Waals surface area contributed by atoms with Crippen molar-refractivity contribution in [1.29, 1.82) is 0 Å². The van der Waals surface area contributed by atoms with Gasteiger partial charge in [0.05, 0.1) is 16.5 Å². The summed E-state index contributed by atoms with van der Waals surface area (Å²) < 4.78 is 69.6. The van der Waals surface area contributed by atoms with Crippen LogP contribution >= 0.6 is 0 Å². The molecule has 0 bridgehead atoms. The maximum absolute atomic E-state index is 12.8. The molecule has 3 aromatic rings. The van der Waals surface area contributed by atoms with Gasteiger partial charge in [0.1, 0.15) is 0 Å². The number of aromatic nitrogens is 1. The number of benzene rings is 2. The van der Waals surface area contributed by atoms with Crippen molar-refractivity contribution in [1.82, 2.24) is 15.2 Å². The maximum atomic E-state index is 12.8. The fraction of sp³-hybridized carbons (Fsp3) is 0.190. The third-order valence-corrected chi connectivity index (χ3v) is 6.07. The van der Waals surface area contributed by atoms with Gasteiger partial charge in [-0.25, -0.2) is 13.1 Å². The van der Waals surface area contributed by atoms with Crippen molar-refractivity contribution in [2.75, 3.05) is 12.4 Å². The van der Waals surface area contributed by atoms with Crippen LogP contribution in [0, 0.1) is 0 Å². The first-order chi connectivity index (χ1) is 15.9. The van der Waals surface area contributed by atoms with E-state index in [1.54, 1.807) is 6.92 Å². The first-order valence-corrected chi connectivity index (χ1v) is 11.2. The van der Waals surface area contributed by atoms with E-state index in [1.807, 2.05) is 0 Å². The van der Waals surface area contributed by atoms with Crippen LogP contribution in [-0.2, 0) is 16.2 Å². The van der Waals surface area contributed by atoms with Gasteiger partial charge in [0.25, 0.3) is 11.8 Å². The molecule has 2 aromatic carbocycles. The Morgan fingerprint density at radius 1 is 1.03 bits per heavy atom. The van der Waals surface area contributed by atoms with E-state index in [4.69, 9.17) is 4.52 Å². The van der Waals surface area contributed by atoms with Crippen molar-refractivity contribution >= 4 is 27.5 Å². The quantitative estimate of drug-likeness (QED) is 0.460. The standard InChI is InChI=1S/C21H19F3N4O5S/c1-12(26-19(29)13-5-3-8-16(9-13)34(31,32)25-2)18-11-17(28-33-18)20(30)27-15-7-4-6-14(10-15)21(22,23)24/h3-12,25H,1-2H3,(H,26,29)(H,27,30)/t12-/m1/s1. The number of alkyl halides is 3. The molecule has 2 amide bonds. The summed E-state index contributed by atoms with van der Waals surface area (Å²) in [4.78, 5) is 24.8. The summed E-state index contributed by atoms with van der Waals surface area (Å²) in [6.07, 6.45) is -4.56. The minimum Gasteiger partial charge on any atom is -0.358 e. The van der Waals surface area contributed by atoms with Gasteiger partial charge in [-0.05, 0) is 50.4 Å². The lowest BCUT2D eigenvalue weighted by Crippen LogP contribution is -2.27. The van der Waals surface area contributed by atoms with Crippen molar-refractivity contribution in [3.05, 3.63) is 77.2 Å². The molecule has 0 saturated heterocycles. The highest BCUT2D eigenvalue weighted by molar-refractivity contribution is 7.89. The molecule has 0 fully saturated rings. The molecule has 0 aliphatic heterocycles. The molecule has 0 spiro atoms. The molecule has 180 valence electrons. The third kappa shape index (κ3) is 5.80. The van der Waals surface area contributed by atoms with Crippen molar-refractivity contribution in [3.8, 4) is 0 Å². The molecule has 0 saturated carbocycles. The van der Waals surface area contributed by atoms with E-state index in [9.17, 15) is 31.2 Å². The summed E-state index contributed by atoms with van der Waals surface area (Å²) in [7, 11) is -2.50. The minimum absolute atomic E-state index is 0.0743.